The maximum Gasteiger partial charge on any atom is 0.417 e. The summed E-state index contributed by atoms with van der Waals surface area (Å²) in [5.74, 6) is 0. The highest BCUT2D eigenvalue weighted by molar-refractivity contribution is 7.96. The molecule has 0 spiro atoms. The van der Waals surface area contributed by atoms with E-state index in [-0.39, 0.29) is 16.3 Å². The van der Waals surface area contributed by atoms with Gasteiger partial charge in [0.15, 0.2) is 7.41 Å². The van der Waals surface area contributed by atoms with E-state index in [1.165, 1.54) is 109 Å². The minimum atomic E-state index is -4.77. The second kappa shape index (κ2) is 26.2. The fourth-order valence-corrected chi connectivity index (χ4v) is 31.3. The van der Waals surface area contributed by atoms with Crippen molar-refractivity contribution in [1.29, 1.82) is 0 Å². The summed E-state index contributed by atoms with van der Waals surface area (Å²) in [6.07, 6.45) is 9.19. The molecule has 1 fully saturated rings. The number of benzene rings is 4. The smallest absolute Gasteiger partial charge is 0.166 e. The summed E-state index contributed by atoms with van der Waals surface area (Å²) in [4.78, 5) is 4.05. The standard InChI is InChI=1S/C56H82F6NP2Si2/c1-7-13-40-66(41-14-8-2,42-15-9-3)49-36-32-47(33-37-49)65(46-26-20-19-21-27-46,48-34-38-50(39-35-48)67(43-16-10-4,44-17-11-5)45-18-12-6)63-64(53-30-24-22-28-51(53)55(57,58)59)54-31-25-23-29-52(54)56(60,61)62/h22-25,28-39,46,63H,7-21,26-27,40-45H2,1-6H3/q+1. The molecule has 0 bridgehead atoms. The van der Waals surface area contributed by atoms with Crippen molar-refractivity contribution in [3.8, 4) is 0 Å². The molecule has 4 aromatic carbocycles. The summed E-state index contributed by atoms with van der Waals surface area (Å²) in [6.45, 7) is 13.7. The van der Waals surface area contributed by atoms with Crippen LogP contribution in [0.5, 0.6) is 0 Å². The molecule has 1 aliphatic carbocycles. The predicted octanol–water partition coefficient (Wildman–Crippen LogP) is 16.7. The average molecular weight is 1000 g/mol. The molecule has 1 N–H and O–H groups in total. The molecule has 5 rings (SSSR count). The highest BCUT2D eigenvalue weighted by Gasteiger charge is 2.54. The molecule has 0 saturated heterocycles. The minimum absolute atomic E-state index is 0.0311. The van der Waals surface area contributed by atoms with Gasteiger partial charge in [0.25, 0.3) is 0 Å². The van der Waals surface area contributed by atoms with Crippen LogP contribution in [-0.4, -0.2) is 21.8 Å². The number of rotatable bonds is 27. The molecule has 0 amide bonds. The van der Waals surface area contributed by atoms with E-state index in [0.29, 0.717) is 0 Å². The van der Waals surface area contributed by atoms with E-state index < -0.39 is 55.1 Å². The fraction of sp³-hybridized carbons (Fsp3) is 0.571. The number of nitrogens with one attached hydrogen (secondary N) is 1. The molecule has 11 heteroatoms. The van der Waals surface area contributed by atoms with Gasteiger partial charge >= 0.3 is 12.4 Å². The summed E-state index contributed by atoms with van der Waals surface area (Å²) < 4.78 is 91.9. The van der Waals surface area contributed by atoms with E-state index in [1.807, 2.05) is 0 Å². The van der Waals surface area contributed by atoms with E-state index in [1.54, 1.807) is 12.1 Å². The quantitative estimate of drug-likeness (QED) is 0.0357. The van der Waals surface area contributed by atoms with Crippen LogP contribution >= 0.6 is 15.5 Å². The number of hydrogen-bond acceptors (Lipinski definition) is 1. The number of hydrogen-bond donors (Lipinski definition) is 1. The molecule has 0 aliphatic heterocycles. The third-order valence-electron chi connectivity index (χ3n) is 15.1. The molecule has 0 atom stereocenters. The van der Waals surface area contributed by atoms with Crippen LogP contribution in [0.4, 0.5) is 26.3 Å². The zero-order valence-corrected chi connectivity index (χ0v) is 45.5. The summed E-state index contributed by atoms with van der Waals surface area (Å²) in [6, 6.07) is 36.9. The summed E-state index contributed by atoms with van der Waals surface area (Å²) in [5, 5.41) is 4.79. The van der Waals surface area contributed by atoms with E-state index in [9.17, 15) is 0 Å². The van der Waals surface area contributed by atoms with Crippen LogP contribution < -0.4 is 36.4 Å². The van der Waals surface area contributed by atoms with Gasteiger partial charge in [-0.05, 0) is 62.1 Å². The second-order valence-corrected chi connectivity index (χ2v) is 34.7. The molecule has 1 nitrogen and oxygen atoms in total. The normalized spacial score (nSPS) is 14.6. The van der Waals surface area contributed by atoms with Crippen LogP contribution in [0.2, 0.25) is 36.3 Å². The number of unbranched alkanes of at least 4 members (excludes halogenated alkanes) is 6. The van der Waals surface area contributed by atoms with Crippen molar-refractivity contribution in [2.45, 2.75) is 205 Å². The van der Waals surface area contributed by atoms with Gasteiger partial charge in [-0.3, -0.25) is 0 Å². The van der Waals surface area contributed by atoms with Crippen molar-refractivity contribution in [3.05, 3.63) is 108 Å². The molecule has 370 valence electrons. The first-order valence-corrected chi connectivity index (χ1v) is 34.7. The SMILES string of the molecule is CCCC[Si](CCCC)(CCCC)c1ccc([P+](NP(c2ccccc2C(F)(F)F)c2ccccc2C(F)(F)F)(c2ccc([Si](CCCC)(CCCC)CCCC)cc2)C2CCCCC2)cc1. The lowest BCUT2D eigenvalue weighted by atomic mass is 10.0. The first-order valence-electron chi connectivity index (χ1n) is 26.2. The number of alkyl halides is 6. The van der Waals surface area contributed by atoms with E-state index in [4.69, 9.17) is 0 Å². The Bertz CT molecular complexity index is 1870. The lowest BCUT2D eigenvalue weighted by Gasteiger charge is -2.40. The Morgan fingerprint density at radius 2 is 0.776 bits per heavy atom. The highest BCUT2D eigenvalue weighted by atomic mass is 31.2. The van der Waals surface area contributed by atoms with Gasteiger partial charge in [0, 0.05) is 10.6 Å². The minimum Gasteiger partial charge on any atom is -0.166 e. The molecule has 1 saturated carbocycles. The molecule has 0 unspecified atom stereocenters. The van der Waals surface area contributed by atoms with Crippen molar-refractivity contribution >= 4 is 63.2 Å². The van der Waals surface area contributed by atoms with E-state index in [0.717, 1.165) is 93.4 Å². The lowest BCUT2D eigenvalue weighted by molar-refractivity contribution is -0.137. The fourth-order valence-electron chi connectivity index (χ4n) is 11.3. The van der Waals surface area contributed by atoms with Gasteiger partial charge < -0.3 is 0 Å². The summed E-state index contributed by atoms with van der Waals surface area (Å²) in [5.41, 5.74) is -1.73. The Hall–Kier alpha value is -2.29. The van der Waals surface area contributed by atoms with Gasteiger partial charge in [0.2, 0.25) is 0 Å². The zero-order chi connectivity index (χ0) is 48.6. The van der Waals surface area contributed by atoms with Gasteiger partial charge in [-0.15, -0.1) is 0 Å². The van der Waals surface area contributed by atoms with Crippen molar-refractivity contribution in [2.24, 2.45) is 0 Å². The molecule has 67 heavy (non-hydrogen) atoms. The van der Waals surface area contributed by atoms with Crippen LogP contribution in [0.3, 0.4) is 0 Å². The van der Waals surface area contributed by atoms with E-state index in [2.05, 4.69) is 94.9 Å². The Morgan fingerprint density at radius 1 is 0.463 bits per heavy atom. The number of halogens is 6. The largest absolute Gasteiger partial charge is 0.417 e. The Balaban J connectivity index is 1.89. The van der Waals surface area contributed by atoms with Crippen molar-refractivity contribution in [2.75, 3.05) is 0 Å². The van der Waals surface area contributed by atoms with E-state index >= 15 is 26.3 Å². The zero-order valence-electron chi connectivity index (χ0n) is 41.7. The lowest BCUT2D eigenvalue weighted by Crippen LogP contribution is -2.49. The van der Waals surface area contributed by atoms with Gasteiger partial charge in [-0.2, -0.15) is 31.2 Å². The maximum absolute atomic E-state index is 15.3. The summed E-state index contributed by atoms with van der Waals surface area (Å²) >= 11 is 0. The second-order valence-electron chi connectivity index (χ2n) is 19.8. The molecule has 1 aliphatic rings. The Morgan fingerprint density at radius 3 is 1.07 bits per heavy atom. The van der Waals surface area contributed by atoms with Crippen molar-refractivity contribution in [3.63, 3.8) is 0 Å². The summed E-state index contributed by atoms with van der Waals surface area (Å²) in [7, 11) is -9.30. The van der Waals surface area contributed by atoms with Crippen LogP contribution in [0, 0.1) is 0 Å². The van der Waals surface area contributed by atoms with Crippen LogP contribution in [0.1, 0.15) is 162 Å². The van der Waals surface area contributed by atoms with Gasteiger partial charge in [0.05, 0.1) is 41.0 Å². The van der Waals surface area contributed by atoms with Crippen molar-refractivity contribution < 1.29 is 26.3 Å². The van der Waals surface area contributed by atoms with Gasteiger partial charge in [-0.1, -0.05) is 232 Å². The predicted molar refractivity (Wildman–Crippen MR) is 287 cm³/mol. The van der Waals surface area contributed by atoms with Crippen LogP contribution in [0.15, 0.2) is 97.1 Å². The molecule has 0 radical (unpaired) electrons. The third kappa shape index (κ3) is 13.8. The molecular formula is C56H82F6NP2Si2+. The van der Waals surface area contributed by atoms with Crippen LogP contribution in [0.25, 0.3) is 0 Å². The van der Waals surface area contributed by atoms with Gasteiger partial charge in [-0.25, -0.2) is 0 Å². The Kier molecular flexibility index (Phi) is 21.8. The van der Waals surface area contributed by atoms with Gasteiger partial charge in [0.1, 0.15) is 10.6 Å². The maximum atomic E-state index is 15.3. The topological polar surface area (TPSA) is 12.0 Å². The monoisotopic (exact) mass is 1000 g/mol. The van der Waals surface area contributed by atoms with Crippen molar-refractivity contribution in [1.82, 2.24) is 4.86 Å². The molecule has 0 aromatic heterocycles. The molecule has 4 aromatic rings. The molecule has 0 heterocycles. The van der Waals surface area contributed by atoms with Crippen LogP contribution in [-0.2, 0) is 12.4 Å². The third-order valence-corrected chi connectivity index (χ3v) is 33.7. The Labute approximate surface area is 405 Å². The average Bonchev–Trinajstić information content (AvgIpc) is 3.34. The first kappa shape index (κ1) is 55.6. The first-order chi connectivity index (χ1) is 32.2. The highest BCUT2D eigenvalue weighted by Crippen LogP contribution is 2.65. The molecular weight excluding hydrogens is 919 g/mol.